The average Bonchev–Trinajstić information content (AvgIpc) is 3.01. The van der Waals surface area contributed by atoms with Gasteiger partial charge in [-0.05, 0) is 19.3 Å². The van der Waals surface area contributed by atoms with E-state index in [1.807, 2.05) is 6.07 Å². The number of H-pyrrole nitrogens is 1. The Morgan fingerprint density at radius 1 is 1.50 bits per heavy atom. The fourth-order valence-electron chi connectivity index (χ4n) is 2.05. The quantitative estimate of drug-likeness (QED) is 0.853. The molecule has 2 aromatic rings. The predicted octanol–water partition coefficient (Wildman–Crippen LogP) is 1.85. The lowest BCUT2D eigenvalue weighted by molar-refractivity contribution is 0.811. The second-order valence-corrected chi connectivity index (χ2v) is 4.52. The number of rotatable bonds is 3. The Bertz CT molecular complexity index is 577. The molecule has 4 nitrogen and oxygen atoms in total. The topological polar surface area (TPSA) is 50.2 Å². The summed E-state index contributed by atoms with van der Waals surface area (Å²) in [5, 5.41) is 3.09. The van der Waals surface area contributed by atoms with Crippen LogP contribution in [0.25, 0.3) is 5.65 Å². The van der Waals surface area contributed by atoms with Crippen molar-refractivity contribution in [3.8, 4) is 0 Å². The zero-order chi connectivity index (χ0) is 11.1. The minimum Gasteiger partial charge on any atom is -0.294 e. The van der Waals surface area contributed by atoms with Crippen molar-refractivity contribution in [2.45, 2.75) is 38.5 Å². The molecule has 1 N–H and O–H groups in total. The normalized spacial score (nSPS) is 15.8. The van der Waals surface area contributed by atoms with Crippen molar-refractivity contribution >= 4 is 5.65 Å². The summed E-state index contributed by atoms with van der Waals surface area (Å²) in [5.74, 6) is 0.530. The summed E-state index contributed by atoms with van der Waals surface area (Å²) in [6.07, 6.45) is 4.38. The van der Waals surface area contributed by atoms with Gasteiger partial charge in [0.05, 0.1) is 5.69 Å². The van der Waals surface area contributed by atoms with Crippen LogP contribution in [0.3, 0.4) is 0 Å². The monoisotopic (exact) mass is 217 g/mol. The Balaban J connectivity index is 2.13. The van der Waals surface area contributed by atoms with Crippen LogP contribution in [-0.4, -0.2) is 14.6 Å². The van der Waals surface area contributed by atoms with E-state index in [2.05, 4.69) is 17.0 Å². The van der Waals surface area contributed by atoms with Gasteiger partial charge < -0.3 is 0 Å². The summed E-state index contributed by atoms with van der Waals surface area (Å²) in [6, 6.07) is 3.65. The van der Waals surface area contributed by atoms with Gasteiger partial charge in [0.1, 0.15) is 0 Å². The van der Waals surface area contributed by atoms with E-state index in [0.29, 0.717) is 5.92 Å². The number of nitrogens with zero attached hydrogens (tertiary/aromatic N) is 2. The van der Waals surface area contributed by atoms with Gasteiger partial charge in [0.2, 0.25) is 0 Å². The van der Waals surface area contributed by atoms with E-state index in [1.165, 1.54) is 17.4 Å². The smallest absolute Gasteiger partial charge is 0.272 e. The molecule has 0 saturated heterocycles. The highest BCUT2D eigenvalue weighted by molar-refractivity contribution is 5.40. The highest BCUT2D eigenvalue weighted by Gasteiger charge is 2.26. The van der Waals surface area contributed by atoms with Crippen LogP contribution in [0.4, 0.5) is 0 Å². The van der Waals surface area contributed by atoms with Gasteiger partial charge in [0.25, 0.3) is 5.56 Å². The second-order valence-electron chi connectivity index (χ2n) is 4.52. The Labute approximate surface area is 93.3 Å². The lowest BCUT2D eigenvalue weighted by atomic mass is 10.2. The third-order valence-electron chi connectivity index (χ3n) is 3.04. The van der Waals surface area contributed by atoms with Crippen molar-refractivity contribution in [1.29, 1.82) is 0 Å². The SMILES string of the molecule is CCCc1cc2nc(C3CC3)cc(=O)n2[nH]1. The van der Waals surface area contributed by atoms with Crippen LogP contribution < -0.4 is 5.56 Å². The molecule has 0 atom stereocenters. The van der Waals surface area contributed by atoms with Crippen LogP contribution in [0, 0.1) is 0 Å². The molecule has 4 heteroatoms. The Morgan fingerprint density at radius 2 is 2.31 bits per heavy atom. The molecule has 1 saturated carbocycles. The number of aryl methyl sites for hydroxylation is 1. The van der Waals surface area contributed by atoms with Gasteiger partial charge >= 0.3 is 0 Å². The van der Waals surface area contributed by atoms with E-state index in [-0.39, 0.29) is 5.56 Å². The van der Waals surface area contributed by atoms with Crippen LogP contribution in [0.5, 0.6) is 0 Å². The zero-order valence-electron chi connectivity index (χ0n) is 9.36. The molecule has 0 aromatic carbocycles. The third kappa shape index (κ3) is 1.54. The molecule has 2 aromatic heterocycles. The summed E-state index contributed by atoms with van der Waals surface area (Å²) in [5.41, 5.74) is 2.82. The Hall–Kier alpha value is -1.58. The molecule has 2 heterocycles. The second kappa shape index (κ2) is 3.47. The van der Waals surface area contributed by atoms with Crippen LogP contribution in [0.15, 0.2) is 16.9 Å². The highest BCUT2D eigenvalue weighted by atomic mass is 16.1. The summed E-state index contributed by atoms with van der Waals surface area (Å²) in [6.45, 7) is 2.12. The van der Waals surface area contributed by atoms with Crippen molar-refractivity contribution in [3.05, 3.63) is 33.9 Å². The molecule has 3 rings (SSSR count). The summed E-state index contributed by atoms with van der Waals surface area (Å²) < 4.78 is 1.54. The molecule has 1 aliphatic rings. The maximum absolute atomic E-state index is 11.8. The number of fused-ring (bicyclic) bond motifs is 1. The van der Waals surface area contributed by atoms with Gasteiger partial charge in [-0.2, -0.15) is 0 Å². The first-order chi connectivity index (χ1) is 7.78. The van der Waals surface area contributed by atoms with Gasteiger partial charge in [-0.25, -0.2) is 9.50 Å². The van der Waals surface area contributed by atoms with E-state index in [0.717, 1.165) is 29.9 Å². The third-order valence-corrected chi connectivity index (χ3v) is 3.04. The number of nitrogens with one attached hydrogen (secondary N) is 1. The van der Waals surface area contributed by atoms with Gasteiger partial charge in [-0.15, -0.1) is 0 Å². The van der Waals surface area contributed by atoms with E-state index < -0.39 is 0 Å². The molecule has 1 aliphatic carbocycles. The molecule has 0 aliphatic heterocycles. The molecule has 16 heavy (non-hydrogen) atoms. The fraction of sp³-hybridized carbons (Fsp3) is 0.500. The van der Waals surface area contributed by atoms with Gasteiger partial charge in [-0.1, -0.05) is 13.3 Å². The number of aromatic nitrogens is 3. The van der Waals surface area contributed by atoms with Crippen LogP contribution in [0.2, 0.25) is 0 Å². The lowest BCUT2D eigenvalue weighted by Gasteiger charge is -1.97. The Kier molecular flexibility index (Phi) is 2.09. The molecule has 0 unspecified atom stereocenters. The molecule has 0 bridgehead atoms. The molecular formula is C12H15N3O. The predicted molar refractivity (Wildman–Crippen MR) is 61.8 cm³/mol. The van der Waals surface area contributed by atoms with E-state index >= 15 is 0 Å². The van der Waals surface area contributed by atoms with E-state index in [9.17, 15) is 4.79 Å². The molecular weight excluding hydrogens is 202 g/mol. The van der Waals surface area contributed by atoms with E-state index in [4.69, 9.17) is 0 Å². The lowest BCUT2D eigenvalue weighted by Crippen LogP contribution is -2.15. The molecule has 1 fully saturated rings. The zero-order valence-corrected chi connectivity index (χ0v) is 9.36. The summed E-state index contributed by atoms with van der Waals surface area (Å²) in [7, 11) is 0. The summed E-state index contributed by atoms with van der Waals surface area (Å²) >= 11 is 0. The van der Waals surface area contributed by atoms with Crippen molar-refractivity contribution < 1.29 is 0 Å². The van der Waals surface area contributed by atoms with Crippen LogP contribution in [0.1, 0.15) is 43.5 Å². The maximum atomic E-state index is 11.8. The summed E-state index contributed by atoms with van der Waals surface area (Å²) in [4.78, 5) is 16.4. The number of aromatic amines is 1. The molecule has 0 spiro atoms. The molecule has 0 amide bonds. The van der Waals surface area contributed by atoms with E-state index in [1.54, 1.807) is 6.07 Å². The van der Waals surface area contributed by atoms with Crippen molar-refractivity contribution in [1.82, 2.24) is 14.6 Å². The van der Waals surface area contributed by atoms with Gasteiger partial charge in [-0.3, -0.25) is 9.89 Å². The van der Waals surface area contributed by atoms with Crippen LogP contribution >= 0.6 is 0 Å². The van der Waals surface area contributed by atoms with Crippen LogP contribution in [-0.2, 0) is 6.42 Å². The first-order valence-corrected chi connectivity index (χ1v) is 5.89. The van der Waals surface area contributed by atoms with Crippen molar-refractivity contribution in [2.75, 3.05) is 0 Å². The van der Waals surface area contributed by atoms with Gasteiger partial charge in [0, 0.05) is 23.7 Å². The standard InChI is InChI=1S/C12H15N3O/c1-2-3-9-6-11-13-10(8-4-5-8)7-12(16)15(11)14-9/h6-8,14H,2-5H2,1H3. The minimum atomic E-state index is 0.00857. The molecule has 84 valence electrons. The number of hydrogen-bond acceptors (Lipinski definition) is 2. The first-order valence-electron chi connectivity index (χ1n) is 5.89. The first kappa shape index (κ1) is 9.63. The minimum absolute atomic E-state index is 0.00857. The van der Waals surface area contributed by atoms with Crippen molar-refractivity contribution in [3.63, 3.8) is 0 Å². The average molecular weight is 217 g/mol. The Morgan fingerprint density at radius 3 is 3.00 bits per heavy atom. The largest absolute Gasteiger partial charge is 0.294 e. The maximum Gasteiger partial charge on any atom is 0.272 e. The molecule has 0 radical (unpaired) electrons. The fourth-order valence-corrected chi connectivity index (χ4v) is 2.05. The number of hydrogen-bond donors (Lipinski definition) is 1. The van der Waals surface area contributed by atoms with Gasteiger partial charge in [0.15, 0.2) is 5.65 Å². The van der Waals surface area contributed by atoms with Crippen molar-refractivity contribution in [2.24, 2.45) is 0 Å². The highest BCUT2D eigenvalue weighted by Crippen LogP contribution is 2.38.